The van der Waals surface area contributed by atoms with Crippen LogP contribution < -0.4 is 5.56 Å². The van der Waals surface area contributed by atoms with Crippen molar-refractivity contribution in [2.45, 2.75) is 38.7 Å². The third-order valence-corrected chi connectivity index (χ3v) is 5.24. The molecule has 1 aliphatic carbocycles. The Hall–Kier alpha value is -2.41. The zero-order valence-corrected chi connectivity index (χ0v) is 14.2. The molecule has 0 aromatic carbocycles. The minimum absolute atomic E-state index is 0.0693. The van der Waals surface area contributed by atoms with Gasteiger partial charge in [-0.05, 0) is 50.3 Å². The molecule has 1 fully saturated rings. The highest BCUT2D eigenvalue weighted by atomic mass is 16.3. The van der Waals surface area contributed by atoms with Crippen LogP contribution in [0.25, 0.3) is 0 Å². The average Bonchev–Trinajstić information content (AvgIpc) is 3.27. The number of carbonyl (C=O) groups is 1. The molecule has 2 unspecified atom stereocenters. The fourth-order valence-corrected chi connectivity index (χ4v) is 3.91. The molecule has 2 aliphatic rings. The monoisotopic (exact) mass is 342 g/mol. The van der Waals surface area contributed by atoms with E-state index in [9.17, 15) is 14.7 Å². The van der Waals surface area contributed by atoms with Crippen molar-refractivity contribution in [2.75, 3.05) is 13.1 Å². The molecular weight excluding hydrogens is 320 g/mol. The first-order valence-corrected chi connectivity index (χ1v) is 8.74. The topological polar surface area (TPSA) is 102 Å². The summed E-state index contributed by atoms with van der Waals surface area (Å²) in [6.07, 6.45) is 2.78. The molecule has 1 amide bonds. The largest absolute Gasteiger partial charge is 0.391 e. The number of aromatic nitrogens is 3. The number of amides is 1. The highest BCUT2D eigenvalue weighted by Crippen LogP contribution is 2.24. The lowest BCUT2D eigenvalue weighted by Crippen LogP contribution is -2.34. The second kappa shape index (κ2) is 6.15. The smallest absolute Gasteiger partial charge is 0.261 e. The van der Waals surface area contributed by atoms with Crippen molar-refractivity contribution < 1.29 is 9.90 Å². The molecule has 7 nitrogen and oxygen atoms in total. The molecule has 0 saturated carbocycles. The Labute approximate surface area is 145 Å². The predicted molar refractivity (Wildman–Crippen MR) is 91.5 cm³/mol. The van der Waals surface area contributed by atoms with Gasteiger partial charge in [-0.3, -0.25) is 14.7 Å². The zero-order chi connectivity index (χ0) is 17.6. The number of rotatable bonds is 3. The van der Waals surface area contributed by atoms with Gasteiger partial charge in [0.15, 0.2) is 0 Å². The fraction of sp³-hybridized carbons (Fsp3) is 0.500. The molecule has 4 rings (SSSR count). The maximum atomic E-state index is 12.8. The molecule has 0 radical (unpaired) electrons. The van der Waals surface area contributed by atoms with Crippen molar-refractivity contribution in [3.05, 3.63) is 50.7 Å². The molecule has 25 heavy (non-hydrogen) atoms. The quantitative estimate of drug-likeness (QED) is 0.759. The van der Waals surface area contributed by atoms with Crippen LogP contribution in [0.2, 0.25) is 0 Å². The van der Waals surface area contributed by atoms with Gasteiger partial charge in [-0.25, -0.2) is 0 Å². The Kier molecular flexibility index (Phi) is 3.95. The van der Waals surface area contributed by atoms with Crippen molar-refractivity contribution in [3.8, 4) is 0 Å². The van der Waals surface area contributed by atoms with E-state index in [0.717, 1.165) is 41.9 Å². The van der Waals surface area contributed by atoms with E-state index in [-0.39, 0.29) is 29.5 Å². The number of β-amino-alcohol motifs (C(OH)–C–C–N with tert-alkyl or cyclic N) is 1. The fourth-order valence-electron chi connectivity index (χ4n) is 3.91. The lowest BCUT2D eigenvalue weighted by molar-refractivity contribution is 0.0762. The Morgan fingerprint density at radius 2 is 2.20 bits per heavy atom. The summed E-state index contributed by atoms with van der Waals surface area (Å²) in [4.78, 5) is 29.5. The molecular formula is C18H22N4O3. The number of hydrogen-bond acceptors (Lipinski definition) is 4. The highest BCUT2D eigenvalue weighted by molar-refractivity contribution is 5.94. The second-order valence-electron chi connectivity index (χ2n) is 7.15. The molecule has 2 aromatic heterocycles. The van der Waals surface area contributed by atoms with Gasteiger partial charge in [-0.1, -0.05) is 0 Å². The van der Waals surface area contributed by atoms with E-state index in [1.165, 1.54) is 0 Å². The first-order chi connectivity index (χ1) is 12.0. The number of nitrogens with zero attached hydrogens (tertiary/aromatic N) is 2. The summed E-state index contributed by atoms with van der Waals surface area (Å²) in [5, 5.41) is 17.4. The molecule has 132 valence electrons. The Bertz CT molecular complexity index is 869. The summed E-state index contributed by atoms with van der Waals surface area (Å²) in [6, 6.07) is 3.68. The first-order valence-electron chi connectivity index (χ1n) is 8.74. The predicted octanol–water partition coefficient (Wildman–Crippen LogP) is 0.571. The molecule has 0 bridgehead atoms. The van der Waals surface area contributed by atoms with Gasteiger partial charge in [0.25, 0.3) is 11.5 Å². The minimum Gasteiger partial charge on any atom is -0.391 e. The summed E-state index contributed by atoms with van der Waals surface area (Å²) in [6.45, 7) is 2.61. The Morgan fingerprint density at radius 3 is 2.96 bits per heavy atom. The van der Waals surface area contributed by atoms with Gasteiger partial charge < -0.3 is 15.0 Å². The number of aliphatic hydroxyl groups is 1. The summed E-state index contributed by atoms with van der Waals surface area (Å²) in [5.74, 6) is -0.365. The van der Waals surface area contributed by atoms with Crippen LogP contribution in [0.3, 0.4) is 0 Å². The minimum atomic E-state index is -0.602. The third-order valence-electron chi connectivity index (χ3n) is 5.24. The van der Waals surface area contributed by atoms with E-state index in [1.807, 2.05) is 13.0 Å². The maximum absolute atomic E-state index is 12.8. The van der Waals surface area contributed by atoms with E-state index < -0.39 is 6.10 Å². The van der Waals surface area contributed by atoms with Gasteiger partial charge >= 0.3 is 0 Å². The van der Waals surface area contributed by atoms with Crippen LogP contribution in [0.4, 0.5) is 0 Å². The number of H-pyrrole nitrogens is 2. The number of pyridine rings is 1. The first kappa shape index (κ1) is 16.1. The second-order valence-corrected chi connectivity index (χ2v) is 7.15. The number of carbonyl (C=O) groups excluding carboxylic acids is 1. The Morgan fingerprint density at radius 1 is 1.36 bits per heavy atom. The van der Waals surface area contributed by atoms with Crippen LogP contribution in [0, 0.1) is 12.8 Å². The van der Waals surface area contributed by atoms with Crippen LogP contribution in [-0.2, 0) is 19.3 Å². The third kappa shape index (κ3) is 3.00. The van der Waals surface area contributed by atoms with E-state index in [4.69, 9.17) is 0 Å². The lowest BCUT2D eigenvalue weighted by atomic mass is 10.0. The normalized spacial score (nSPS) is 22.4. The van der Waals surface area contributed by atoms with Crippen LogP contribution in [0.5, 0.6) is 0 Å². The Balaban J connectivity index is 1.51. The van der Waals surface area contributed by atoms with Gasteiger partial charge in [-0.2, -0.15) is 5.10 Å². The standard InChI is InChI=1S/C18H22N4O3/c1-10-5-13(21-20-10)6-12-8-22(9-16(12)23)18(25)14-7-11-3-2-4-15(11)19-17(14)24/h5,7,12,16,23H,2-4,6,8-9H2,1H3,(H,19,24)(H,20,21). The number of hydrogen-bond donors (Lipinski definition) is 3. The zero-order valence-electron chi connectivity index (χ0n) is 14.2. The molecule has 3 N–H and O–H groups in total. The molecule has 3 heterocycles. The van der Waals surface area contributed by atoms with Gasteiger partial charge in [0.1, 0.15) is 5.56 Å². The summed E-state index contributed by atoms with van der Waals surface area (Å²) >= 11 is 0. The maximum Gasteiger partial charge on any atom is 0.261 e. The number of aromatic amines is 2. The molecule has 0 spiro atoms. The molecule has 1 aliphatic heterocycles. The van der Waals surface area contributed by atoms with Crippen molar-refractivity contribution in [3.63, 3.8) is 0 Å². The summed E-state index contributed by atoms with van der Waals surface area (Å²) < 4.78 is 0. The van der Waals surface area contributed by atoms with E-state index in [2.05, 4.69) is 15.2 Å². The van der Waals surface area contributed by atoms with Gasteiger partial charge in [0.2, 0.25) is 0 Å². The van der Waals surface area contributed by atoms with Crippen molar-refractivity contribution >= 4 is 5.91 Å². The number of aryl methyl sites for hydroxylation is 3. The van der Waals surface area contributed by atoms with Gasteiger partial charge in [-0.15, -0.1) is 0 Å². The molecule has 7 heteroatoms. The molecule has 1 saturated heterocycles. The van der Waals surface area contributed by atoms with Crippen molar-refractivity contribution in [2.24, 2.45) is 5.92 Å². The van der Waals surface area contributed by atoms with Crippen molar-refractivity contribution in [1.29, 1.82) is 0 Å². The summed E-state index contributed by atoms with van der Waals surface area (Å²) in [7, 11) is 0. The number of nitrogens with one attached hydrogen (secondary N) is 2. The van der Waals surface area contributed by atoms with Crippen LogP contribution >= 0.6 is 0 Å². The average molecular weight is 342 g/mol. The van der Waals surface area contributed by atoms with Crippen LogP contribution in [-0.4, -0.2) is 50.3 Å². The van der Waals surface area contributed by atoms with E-state index in [0.29, 0.717) is 13.0 Å². The number of fused-ring (bicyclic) bond motifs is 1. The van der Waals surface area contributed by atoms with Gasteiger partial charge in [0.05, 0.1) is 11.8 Å². The SMILES string of the molecule is Cc1cc(CC2CN(C(=O)c3cc4c([nH]c3=O)CCC4)CC2O)n[nH]1. The molecule has 2 atom stereocenters. The van der Waals surface area contributed by atoms with E-state index in [1.54, 1.807) is 11.0 Å². The highest BCUT2D eigenvalue weighted by Gasteiger charge is 2.35. The van der Waals surface area contributed by atoms with Crippen molar-refractivity contribution in [1.82, 2.24) is 20.1 Å². The lowest BCUT2D eigenvalue weighted by Gasteiger charge is -2.16. The van der Waals surface area contributed by atoms with Crippen LogP contribution in [0.1, 0.15) is 39.4 Å². The van der Waals surface area contributed by atoms with Crippen LogP contribution in [0.15, 0.2) is 16.9 Å². The molecule has 2 aromatic rings. The van der Waals surface area contributed by atoms with Gasteiger partial charge in [0, 0.05) is 30.4 Å². The summed E-state index contributed by atoms with van der Waals surface area (Å²) in [5.41, 5.74) is 3.72. The number of aliphatic hydroxyl groups excluding tert-OH is 1. The number of likely N-dealkylation sites (tertiary alicyclic amines) is 1. The van der Waals surface area contributed by atoms with E-state index >= 15 is 0 Å².